The third-order valence-corrected chi connectivity index (χ3v) is 6.83. The van der Waals surface area contributed by atoms with Crippen molar-refractivity contribution in [3.05, 3.63) is 35.0 Å². The van der Waals surface area contributed by atoms with Crippen LogP contribution in [0, 0.1) is 5.92 Å². The zero-order valence-electron chi connectivity index (χ0n) is 19.3. The van der Waals surface area contributed by atoms with Crippen LogP contribution in [0.2, 0.25) is 0 Å². The second kappa shape index (κ2) is 9.33. The van der Waals surface area contributed by atoms with Crippen molar-refractivity contribution >= 4 is 28.7 Å². The Balaban J connectivity index is 1.14. The molecule has 2 heterocycles. The number of hydrogen-bond donors (Lipinski definition) is 2. The molecule has 9 nitrogen and oxygen atoms in total. The lowest BCUT2D eigenvalue weighted by molar-refractivity contribution is 0.0943. The van der Waals surface area contributed by atoms with Crippen molar-refractivity contribution in [2.45, 2.75) is 57.4 Å². The number of aryl methyl sites for hydroxylation is 1. The maximum absolute atomic E-state index is 12.5. The zero-order chi connectivity index (χ0) is 22.8. The van der Waals surface area contributed by atoms with Gasteiger partial charge in [0.25, 0.3) is 5.91 Å². The standard InChI is InChI=1S/C24H31N7O2/c1-31(2)22-18-5-3-4-6-19(18)27-24(28-22)26-17-10-7-15(8-11-17)14-25-23(32)16-9-12-20-21(13-16)30-33-29-20/h9,12-13,15,17H,3-8,10-11,14H2,1-2H3,(H,25,32)(H,26,27,28). The highest BCUT2D eigenvalue weighted by Gasteiger charge is 2.24. The minimum absolute atomic E-state index is 0.0844. The summed E-state index contributed by atoms with van der Waals surface area (Å²) >= 11 is 0. The third-order valence-electron chi connectivity index (χ3n) is 6.83. The number of rotatable bonds is 6. The van der Waals surface area contributed by atoms with Gasteiger partial charge in [0.05, 0.1) is 5.69 Å². The maximum Gasteiger partial charge on any atom is 0.251 e. The molecule has 2 aliphatic rings. The van der Waals surface area contributed by atoms with Gasteiger partial charge in [-0.25, -0.2) is 9.61 Å². The SMILES string of the molecule is CN(C)c1nc(NC2CCC(CNC(=O)c3ccc4nonc4c3)CC2)nc2c1CCCC2. The molecule has 0 spiro atoms. The highest BCUT2D eigenvalue weighted by molar-refractivity contribution is 5.97. The van der Waals surface area contributed by atoms with Crippen LogP contribution in [0.15, 0.2) is 22.8 Å². The average Bonchev–Trinajstić information content (AvgIpc) is 3.31. The van der Waals surface area contributed by atoms with Crippen LogP contribution in [0.3, 0.4) is 0 Å². The number of anilines is 2. The van der Waals surface area contributed by atoms with Gasteiger partial charge in [-0.05, 0) is 85.8 Å². The molecule has 1 aromatic carbocycles. The number of amides is 1. The summed E-state index contributed by atoms with van der Waals surface area (Å²) < 4.78 is 4.70. The van der Waals surface area contributed by atoms with E-state index in [2.05, 4.69) is 39.9 Å². The number of fused-ring (bicyclic) bond motifs is 2. The minimum atomic E-state index is -0.0844. The van der Waals surface area contributed by atoms with E-state index < -0.39 is 0 Å². The first-order valence-electron chi connectivity index (χ1n) is 11.9. The normalized spacial score (nSPS) is 20.3. The average molecular weight is 450 g/mol. The lowest BCUT2D eigenvalue weighted by Gasteiger charge is -2.30. The lowest BCUT2D eigenvalue weighted by atomic mass is 9.86. The van der Waals surface area contributed by atoms with Crippen molar-refractivity contribution in [1.82, 2.24) is 25.6 Å². The van der Waals surface area contributed by atoms with Gasteiger partial charge < -0.3 is 15.5 Å². The number of hydrogen-bond acceptors (Lipinski definition) is 8. The number of benzene rings is 1. The smallest absolute Gasteiger partial charge is 0.251 e. The van der Waals surface area contributed by atoms with E-state index in [1.165, 1.54) is 24.1 Å². The fourth-order valence-corrected chi connectivity index (χ4v) is 4.96. The third kappa shape index (κ3) is 4.77. The molecule has 1 amide bonds. The Morgan fingerprint density at radius 3 is 2.67 bits per heavy atom. The van der Waals surface area contributed by atoms with Gasteiger partial charge in [-0.2, -0.15) is 4.98 Å². The lowest BCUT2D eigenvalue weighted by Crippen LogP contribution is -2.34. The van der Waals surface area contributed by atoms with Crippen molar-refractivity contribution in [3.8, 4) is 0 Å². The molecule has 0 atom stereocenters. The van der Waals surface area contributed by atoms with E-state index in [1.54, 1.807) is 18.2 Å². The van der Waals surface area contributed by atoms with E-state index in [4.69, 9.17) is 14.6 Å². The summed E-state index contributed by atoms with van der Waals surface area (Å²) in [6.07, 6.45) is 8.77. The number of carbonyl (C=O) groups excluding carboxylic acids is 1. The summed E-state index contributed by atoms with van der Waals surface area (Å²) in [5.41, 5.74) is 4.34. The summed E-state index contributed by atoms with van der Waals surface area (Å²) in [6.45, 7) is 0.681. The highest BCUT2D eigenvalue weighted by atomic mass is 16.6. The Kier molecular flexibility index (Phi) is 6.11. The maximum atomic E-state index is 12.5. The van der Waals surface area contributed by atoms with E-state index >= 15 is 0 Å². The fourth-order valence-electron chi connectivity index (χ4n) is 4.96. The van der Waals surface area contributed by atoms with Gasteiger partial charge in [-0.3, -0.25) is 4.79 Å². The van der Waals surface area contributed by atoms with Crippen LogP contribution >= 0.6 is 0 Å². The Bertz CT molecular complexity index is 1140. The molecule has 2 aromatic heterocycles. The van der Waals surface area contributed by atoms with E-state index in [1.807, 2.05) is 0 Å². The number of aromatic nitrogens is 4. The van der Waals surface area contributed by atoms with Crippen LogP contribution in [-0.2, 0) is 12.8 Å². The molecule has 3 aromatic rings. The van der Waals surface area contributed by atoms with Crippen molar-refractivity contribution < 1.29 is 9.42 Å². The van der Waals surface area contributed by atoms with E-state index in [0.29, 0.717) is 35.1 Å². The molecule has 1 fully saturated rings. The quantitative estimate of drug-likeness (QED) is 0.590. The molecular weight excluding hydrogens is 418 g/mol. The van der Waals surface area contributed by atoms with Crippen LogP contribution in [0.4, 0.5) is 11.8 Å². The Hall–Kier alpha value is -3.23. The monoisotopic (exact) mass is 449 g/mol. The van der Waals surface area contributed by atoms with Crippen molar-refractivity contribution in [3.63, 3.8) is 0 Å². The predicted molar refractivity (Wildman–Crippen MR) is 127 cm³/mol. The van der Waals surface area contributed by atoms with Gasteiger partial charge >= 0.3 is 0 Å². The second-order valence-corrected chi connectivity index (χ2v) is 9.44. The van der Waals surface area contributed by atoms with Crippen LogP contribution in [0.25, 0.3) is 11.0 Å². The van der Waals surface area contributed by atoms with Gasteiger partial charge in [0, 0.05) is 37.8 Å². The largest absolute Gasteiger partial charge is 0.362 e. The van der Waals surface area contributed by atoms with Gasteiger partial charge in [-0.15, -0.1) is 0 Å². The van der Waals surface area contributed by atoms with Crippen molar-refractivity contribution in [2.75, 3.05) is 30.9 Å². The first-order chi connectivity index (χ1) is 16.1. The van der Waals surface area contributed by atoms with Gasteiger partial charge in [0.2, 0.25) is 5.95 Å². The predicted octanol–water partition coefficient (Wildman–Crippen LogP) is 3.36. The number of nitrogens with zero attached hydrogens (tertiary/aromatic N) is 5. The first-order valence-corrected chi connectivity index (χ1v) is 11.9. The topological polar surface area (TPSA) is 109 Å². The van der Waals surface area contributed by atoms with Gasteiger partial charge in [0.15, 0.2) is 0 Å². The molecule has 0 radical (unpaired) electrons. The van der Waals surface area contributed by atoms with Crippen molar-refractivity contribution in [2.24, 2.45) is 5.92 Å². The Morgan fingerprint density at radius 1 is 1.06 bits per heavy atom. The summed E-state index contributed by atoms with van der Waals surface area (Å²) in [7, 11) is 4.11. The van der Waals surface area contributed by atoms with Gasteiger partial charge in [0.1, 0.15) is 16.9 Å². The molecule has 5 rings (SSSR count). The van der Waals surface area contributed by atoms with Crippen molar-refractivity contribution in [1.29, 1.82) is 0 Å². The van der Waals surface area contributed by atoms with Crippen LogP contribution in [0.1, 0.15) is 60.1 Å². The molecule has 1 saturated carbocycles. The van der Waals surface area contributed by atoms with Crippen LogP contribution in [0.5, 0.6) is 0 Å². The zero-order valence-corrected chi connectivity index (χ0v) is 19.3. The summed E-state index contributed by atoms with van der Waals surface area (Å²) in [6, 6.07) is 5.59. The van der Waals surface area contributed by atoms with Gasteiger partial charge in [-0.1, -0.05) is 0 Å². The molecule has 0 aliphatic heterocycles. The van der Waals surface area contributed by atoms with E-state index in [9.17, 15) is 4.79 Å². The summed E-state index contributed by atoms with van der Waals surface area (Å²) in [5, 5.41) is 14.3. The Morgan fingerprint density at radius 2 is 1.85 bits per heavy atom. The molecule has 174 valence electrons. The molecule has 2 N–H and O–H groups in total. The second-order valence-electron chi connectivity index (χ2n) is 9.44. The highest BCUT2D eigenvalue weighted by Crippen LogP contribution is 2.30. The van der Waals surface area contributed by atoms with E-state index in [0.717, 1.165) is 50.3 Å². The van der Waals surface area contributed by atoms with E-state index in [-0.39, 0.29) is 5.91 Å². The minimum Gasteiger partial charge on any atom is -0.362 e. The molecule has 0 unspecified atom stereocenters. The van der Waals surface area contributed by atoms with Crippen LogP contribution in [-0.4, -0.2) is 52.9 Å². The molecule has 33 heavy (non-hydrogen) atoms. The number of nitrogens with one attached hydrogen (secondary N) is 2. The fraction of sp³-hybridized carbons (Fsp3) is 0.542. The first kappa shape index (κ1) is 21.6. The molecule has 0 saturated heterocycles. The Labute approximate surface area is 193 Å². The molecule has 0 bridgehead atoms. The molecular formula is C24H31N7O2. The molecule has 9 heteroatoms. The number of carbonyl (C=O) groups is 1. The summed E-state index contributed by atoms with van der Waals surface area (Å²) in [5.74, 6) is 2.21. The van der Waals surface area contributed by atoms with Crippen LogP contribution < -0.4 is 15.5 Å². The molecule has 2 aliphatic carbocycles. The summed E-state index contributed by atoms with van der Waals surface area (Å²) in [4.78, 5) is 24.3.